The van der Waals surface area contributed by atoms with Crippen LogP contribution in [0.1, 0.15) is 47.2 Å². The highest BCUT2D eigenvalue weighted by molar-refractivity contribution is 5.98. The first-order valence-electron chi connectivity index (χ1n) is 11.8. The molecule has 1 aliphatic heterocycles. The molecule has 2 aliphatic rings. The molecule has 1 saturated carbocycles. The predicted molar refractivity (Wildman–Crippen MR) is 134 cm³/mol. The minimum Gasteiger partial charge on any atom is -0.454 e. The minimum atomic E-state index is -0.0880. The van der Waals surface area contributed by atoms with E-state index in [2.05, 4.69) is 33.5 Å². The first-order chi connectivity index (χ1) is 16.7. The van der Waals surface area contributed by atoms with E-state index in [0.717, 1.165) is 59.2 Å². The lowest BCUT2D eigenvalue weighted by Gasteiger charge is -2.29. The van der Waals surface area contributed by atoms with E-state index < -0.39 is 0 Å². The summed E-state index contributed by atoms with van der Waals surface area (Å²) < 4.78 is 6.31. The van der Waals surface area contributed by atoms with Crippen molar-refractivity contribution in [3.05, 3.63) is 77.5 Å². The molecule has 1 aliphatic carbocycles. The molecule has 2 aromatic heterocycles. The maximum atomic E-state index is 13.0. The Balaban J connectivity index is 1.32. The van der Waals surface area contributed by atoms with Crippen LogP contribution in [0.25, 0.3) is 33.6 Å². The SMILES string of the molecule is N[C@H]1CCCC[C@H]1NC(=O)c1cccc(-c2ccnc3cc(-c4ccc5c(c4)CN=C5)oc23)c1. The Labute approximate surface area is 197 Å². The third-order valence-electron chi connectivity index (χ3n) is 6.90. The second kappa shape index (κ2) is 8.54. The number of carbonyl (C=O) groups excluding carboxylic acids is 1. The molecule has 34 heavy (non-hydrogen) atoms. The number of pyridine rings is 1. The molecule has 6 nitrogen and oxygen atoms in total. The van der Waals surface area contributed by atoms with Gasteiger partial charge in [-0.3, -0.25) is 14.8 Å². The average Bonchev–Trinajstić information content (AvgIpc) is 3.52. The number of amides is 1. The van der Waals surface area contributed by atoms with Crippen LogP contribution in [-0.4, -0.2) is 29.2 Å². The van der Waals surface area contributed by atoms with Gasteiger partial charge in [0.15, 0.2) is 5.58 Å². The molecule has 2 atom stereocenters. The first-order valence-corrected chi connectivity index (χ1v) is 11.8. The van der Waals surface area contributed by atoms with Crippen molar-refractivity contribution < 1.29 is 9.21 Å². The highest BCUT2D eigenvalue weighted by atomic mass is 16.3. The summed E-state index contributed by atoms with van der Waals surface area (Å²) in [5.41, 5.74) is 13.5. The van der Waals surface area contributed by atoms with Gasteiger partial charge in [-0.2, -0.15) is 0 Å². The standard InChI is InChI=1S/C28H26N4O2/c29-23-6-1-2-7-24(23)32-28(33)19-5-3-4-17(12-19)22-10-11-31-25-14-26(34-27(22)25)18-8-9-20-15-30-16-21(20)13-18/h3-5,8-15,23-24H,1-2,6-7,16,29H2,(H,32,33)/t23-,24+/m0/s1. The fourth-order valence-electron chi connectivity index (χ4n) is 4.99. The molecule has 0 bridgehead atoms. The number of rotatable bonds is 4. The van der Waals surface area contributed by atoms with Crippen molar-refractivity contribution in [2.24, 2.45) is 10.7 Å². The monoisotopic (exact) mass is 450 g/mol. The quantitative estimate of drug-likeness (QED) is 0.453. The zero-order valence-electron chi connectivity index (χ0n) is 18.8. The summed E-state index contributed by atoms with van der Waals surface area (Å²) >= 11 is 0. The van der Waals surface area contributed by atoms with Gasteiger partial charge in [-0.15, -0.1) is 0 Å². The van der Waals surface area contributed by atoms with Gasteiger partial charge >= 0.3 is 0 Å². The number of fused-ring (bicyclic) bond motifs is 2. The molecular formula is C28H26N4O2. The van der Waals surface area contributed by atoms with Crippen LogP contribution in [0.2, 0.25) is 0 Å². The Morgan fingerprint density at radius 1 is 1.03 bits per heavy atom. The Morgan fingerprint density at radius 3 is 2.85 bits per heavy atom. The van der Waals surface area contributed by atoms with E-state index in [9.17, 15) is 4.79 Å². The first kappa shape index (κ1) is 20.8. The topological polar surface area (TPSA) is 93.5 Å². The van der Waals surface area contributed by atoms with Gasteiger partial charge in [0.25, 0.3) is 5.91 Å². The number of furan rings is 1. The van der Waals surface area contributed by atoms with Gasteiger partial charge in [0.2, 0.25) is 0 Å². The number of benzene rings is 2. The molecule has 6 heteroatoms. The molecule has 3 heterocycles. The molecule has 170 valence electrons. The number of hydrogen-bond donors (Lipinski definition) is 2. The van der Waals surface area contributed by atoms with Crippen LogP contribution in [0, 0.1) is 0 Å². The molecule has 0 unspecified atom stereocenters. The molecule has 0 radical (unpaired) electrons. The second-order valence-corrected chi connectivity index (χ2v) is 9.18. The van der Waals surface area contributed by atoms with Gasteiger partial charge in [-0.1, -0.05) is 37.1 Å². The van der Waals surface area contributed by atoms with Crippen LogP contribution in [0.15, 0.2) is 70.2 Å². The average molecular weight is 451 g/mol. The van der Waals surface area contributed by atoms with Crippen LogP contribution >= 0.6 is 0 Å². The van der Waals surface area contributed by atoms with Crippen molar-refractivity contribution in [1.82, 2.24) is 10.3 Å². The summed E-state index contributed by atoms with van der Waals surface area (Å²) in [5, 5.41) is 3.14. The van der Waals surface area contributed by atoms with Gasteiger partial charge in [-0.25, -0.2) is 0 Å². The molecule has 4 aromatic rings. The summed E-state index contributed by atoms with van der Waals surface area (Å²) in [7, 11) is 0. The van der Waals surface area contributed by atoms with Crippen molar-refractivity contribution in [2.75, 3.05) is 0 Å². The largest absolute Gasteiger partial charge is 0.454 e. The molecule has 3 N–H and O–H groups in total. The molecular weight excluding hydrogens is 424 g/mol. The van der Waals surface area contributed by atoms with Gasteiger partial charge in [0, 0.05) is 47.3 Å². The van der Waals surface area contributed by atoms with E-state index in [-0.39, 0.29) is 18.0 Å². The van der Waals surface area contributed by atoms with E-state index >= 15 is 0 Å². The molecule has 6 rings (SSSR count). The van der Waals surface area contributed by atoms with Crippen molar-refractivity contribution in [3.63, 3.8) is 0 Å². The van der Waals surface area contributed by atoms with Crippen LogP contribution in [0.5, 0.6) is 0 Å². The molecule has 1 fully saturated rings. The van der Waals surface area contributed by atoms with E-state index in [0.29, 0.717) is 17.7 Å². The van der Waals surface area contributed by atoms with Gasteiger partial charge in [0.1, 0.15) is 11.3 Å². The molecule has 0 spiro atoms. The Bertz CT molecular complexity index is 1420. The Hall–Kier alpha value is -3.77. The van der Waals surface area contributed by atoms with Crippen molar-refractivity contribution in [2.45, 2.75) is 44.3 Å². The lowest BCUT2D eigenvalue weighted by atomic mass is 9.91. The smallest absolute Gasteiger partial charge is 0.251 e. The maximum Gasteiger partial charge on any atom is 0.251 e. The van der Waals surface area contributed by atoms with Gasteiger partial charge in [-0.05, 0) is 53.8 Å². The molecule has 0 saturated heterocycles. The van der Waals surface area contributed by atoms with E-state index in [1.807, 2.05) is 42.6 Å². The summed E-state index contributed by atoms with van der Waals surface area (Å²) in [5.74, 6) is 0.680. The minimum absolute atomic E-state index is 0.0213. The fourth-order valence-corrected chi connectivity index (χ4v) is 4.99. The Kier molecular flexibility index (Phi) is 5.23. The molecule has 2 aromatic carbocycles. The lowest BCUT2D eigenvalue weighted by molar-refractivity contribution is 0.0921. The number of carbonyl (C=O) groups is 1. The van der Waals surface area contributed by atoms with Crippen LogP contribution in [0.4, 0.5) is 0 Å². The third-order valence-corrected chi connectivity index (χ3v) is 6.90. The predicted octanol–water partition coefficient (Wildman–Crippen LogP) is 5.09. The summed E-state index contributed by atoms with van der Waals surface area (Å²) in [6, 6.07) is 17.8. The van der Waals surface area contributed by atoms with Crippen molar-refractivity contribution in [1.29, 1.82) is 0 Å². The number of nitrogens with one attached hydrogen (secondary N) is 1. The number of aliphatic imine (C=N–C) groups is 1. The van der Waals surface area contributed by atoms with Crippen molar-refractivity contribution >= 4 is 23.2 Å². The highest BCUT2D eigenvalue weighted by Crippen LogP contribution is 2.35. The zero-order chi connectivity index (χ0) is 23.1. The van der Waals surface area contributed by atoms with Crippen LogP contribution in [-0.2, 0) is 6.54 Å². The zero-order valence-corrected chi connectivity index (χ0v) is 18.8. The summed E-state index contributed by atoms with van der Waals surface area (Å²) in [4.78, 5) is 21.8. The van der Waals surface area contributed by atoms with Crippen LogP contribution in [0.3, 0.4) is 0 Å². The third kappa shape index (κ3) is 3.80. The lowest BCUT2D eigenvalue weighted by Crippen LogP contribution is -2.49. The summed E-state index contributed by atoms with van der Waals surface area (Å²) in [6.07, 6.45) is 7.81. The van der Waals surface area contributed by atoms with Crippen LogP contribution < -0.4 is 11.1 Å². The van der Waals surface area contributed by atoms with Gasteiger partial charge in [0.05, 0.1) is 6.54 Å². The fraction of sp³-hybridized carbons (Fsp3) is 0.250. The maximum absolute atomic E-state index is 13.0. The number of nitrogens with zero attached hydrogens (tertiary/aromatic N) is 2. The Morgan fingerprint density at radius 2 is 1.94 bits per heavy atom. The van der Waals surface area contributed by atoms with E-state index in [4.69, 9.17) is 10.2 Å². The summed E-state index contributed by atoms with van der Waals surface area (Å²) in [6.45, 7) is 0.702. The van der Waals surface area contributed by atoms with E-state index in [1.54, 1.807) is 6.20 Å². The number of nitrogens with two attached hydrogens (primary N) is 1. The number of aromatic nitrogens is 1. The normalized spacial score (nSPS) is 19.3. The van der Waals surface area contributed by atoms with E-state index in [1.165, 1.54) is 5.56 Å². The second-order valence-electron chi connectivity index (χ2n) is 9.18. The van der Waals surface area contributed by atoms with Gasteiger partial charge < -0.3 is 15.5 Å². The highest BCUT2D eigenvalue weighted by Gasteiger charge is 2.24. The molecule has 1 amide bonds. The van der Waals surface area contributed by atoms with Crippen molar-refractivity contribution in [3.8, 4) is 22.5 Å². The number of hydrogen-bond acceptors (Lipinski definition) is 5.